The standard InChI is InChI=1S/C24H30N2O2/c1-23-9-5-6-10-24(23)11-12-26(2)22(23)14-16-13-19(21(28)15-17(16)24)25-18-7-3-4-8-20(18)27/h3-4,7-8,13,15,22,25,27-28H,5-6,9-12,14H2,1-2H3/t22-,23+,24+/m0/s1. The van der Waals surface area contributed by atoms with Crippen molar-refractivity contribution < 1.29 is 10.2 Å². The summed E-state index contributed by atoms with van der Waals surface area (Å²) in [6, 6.07) is 11.9. The van der Waals surface area contributed by atoms with Crippen LogP contribution in [0.1, 0.15) is 50.2 Å². The lowest BCUT2D eigenvalue weighted by molar-refractivity contribution is -0.0735. The van der Waals surface area contributed by atoms with Gasteiger partial charge in [0.1, 0.15) is 11.5 Å². The number of likely N-dealkylation sites (N-methyl/N-ethyl adjacent to an activating group) is 1. The molecule has 2 bridgehead atoms. The van der Waals surface area contributed by atoms with Crippen LogP contribution in [0.3, 0.4) is 0 Å². The zero-order chi connectivity index (χ0) is 19.5. The second-order valence-corrected chi connectivity index (χ2v) is 9.33. The van der Waals surface area contributed by atoms with Crippen molar-refractivity contribution in [3.05, 3.63) is 47.5 Å². The summed E-state index contributed by atoms with van der Waals surface area (Å²) < 4.78 is 0. The molecule has 148 valence electrons. The number of phenolic OH excluding ortho intramolecular Hbond substituents is 2. The first-order valence-electron chi connectivity index (χ1n) is 10.6. The molecule has 0 amide bonds. The van der Waals surface area contributed by atoms with Gasteiger partial charge in [0.05, 0.1) is 11.4 Å². The molecule has 4 heteroatoms. The zero-order valence-corrected chi connectivity index (χ0v) is 16.8. The molecule has 1 heterocycles. The summed E-state index contributed by atoms with van der Waals surface area (Å²) in [6.45, 7) is 3.64. The maximum absolute atomic E-state index is 10.9. The smallest absolute Gasteiger partial charge is 0.139 e. The summed E-state index contributed by atoms with van der Waals surface area (Å²) in [7, 11) is 2.28. The Hall–Kier alpha value is -2.20. The van der Waals surface area contributed by atoms with Crippen molar-refractivity contribution in [2.45, 2.75) is 56.9 Å². The van der Waals surface area contributed by atoms with Crippen LogP contribution in [0.4, 0.5) is 11.4 Å². The molecular weight excluding hydrogens is 348 g/mol. The van der Waals surface area contributed by atoms with Crippen molar-refractivity contribution in [2.75, 3.05) is 18.9 Å². The lowest BCUT2D eigenvalue weighted by atomic mass is 9.45. The highest BCUT2D eigenvalue weighted by atomic mass is 16.3. The average molecular weight is 379 g/mol. The van der Waals surface area contributed by atoms with E-state index in [1.807, 2.05) is 18.2 Å². The van der Waals surface area contributed by atoms with Crippen molar-refractivity contribution in [3.63, 3.8) is 0 Å². The summed E-state index contributed by atoms with van der Waals surface area (Å²) in [4.78, 5) is 2.56. The molecule has 2 fully saturated rings. The molecule has 2 aromatic rings. The van der Waals surface area contributed by atoms with E-state index in [2.05, 4.69) is 30.3 Å². The average Bonchev–Trinajstić information content (AvgIpc) is 2.68. The minimum atomic E-state index is 0.181. The summed E-state index contributed by atoms with van der Waals surface area (Å²) in [5, 5.41) is 24.2. The number of likely N-dealkylation sites (tertiary alicyclic amines) is 1. The summed E-state index contributed by atoms with van der Waals surface area (Å²) in [6.07, 6.45) is 7.31. The van der Waals surface area contributed by atoms with Crippen LogP contribution in [0.5, 0.6) is 11.5 Å². The van der Waals surface area contributed by atoms with Gasteiger partial charge in [-0.15, -0.1) is 0 Å². The van der Waals surface area contributed by atoms with E-state index in [4.69, 9.17) is 0 Å². The van der Waals surface area contributed by atoms with Crippen LogP contribution in [0.15, 0.2) is 36.4 Å². The van der Waals surface area contributed by atoms with Crippen molar-refractivity contribution in [1.82, 2.24) is 4.90 Å². The van der Waals surface area contributed by atoms with Gasteiger partial charge in [-0.3, -0.25) is 0 Å². The molecule has 5 rings (SSSR count). The van der Waals surface area contributed by atoms with Crippen LogP contribution in [-0.2, 0) is 11.8 Å². The molecule has 2 aromatic carbocycles. The van der Waals surface area contributed by atoms with E-state index in [0.717, 1.165) is 13.0 Å². The number of hydrogen-bond acceptors (Lipinski definition) is 4. The number of nitrogens with zero attached hydrogens (tertiary/aromatic N) is 1. The lowest BCUT2D eigenvalue weighted by Crippen LogP contribution is -2.66. The predicted octanol–water partition coefficient (Wildman–Crippen LogP) is 4.92. The first-order chi connectivity index (χ1) is 13.4. The maximum Gasteiger partial charge on any atom is 0.139 e. The molecule has 1 saturated heterocycles. The molecule has 28 heavy (non-hydrogen) atoms. The normalized spacial score (nSPS) is 31.7. The third kappa shape index (κ3) is 2.33. The quantitative estimate of drug-likeness (QED) is 0.649. The van der Waals surface area contributed by atoms with Gasteiger partial charge in [0.15, 0.2) is 0 Å². The molecule has 3 atom stereocenters. The Balaban J connectivity index is 1.62. The van der Waals surface area contributed by atoms with Gasteiger partial charge < -0.3 is 20.4 Å². The monoisotopic (exact) mass is 378 g/mol. The second-order valence-electron chi connectivity index (χ2n) is 9.33. The molecule has 0 aromatic heterocycles. The van der Waals surface area contributed by atoms with E-state index in [0.29, 0.717) is 17.4 Å². The Bertz CT molecular complexity index is 927. The van der Waals surface area contributed by atoms with Crippen LogP contribution >= 0.6 is 0 Å². The number of fused-ring (bicyclic) bond motifs is 1. The third-order valence-electron chi connectivity index (χ3n) is 8.13. The number of nitrogens with one attached hydrogen (secondary N) is 1. The van der Waals surface area contributed by atoms with E-state index in [9.17, 15) is 10.2 Å². The van der Waals surface area contributed by atoms with Crippen molar-refractivity contribution in [1.29, 1.82) is 0 Å². The van der Waals surface area contributed by atoms with E-state index in [-0.39, 0.29) is 22.3 Å². The topological polar surface area (TPSA) is 55.7 Å². The van der Waals surface area contributed by atoms with Crippen LogP contribution in [-0.4, -0.2) is 34.7 Å². The fourth-order valence-electron chi connectivity index (χ4n) is 6.59. The first kappa shape index (κ1) is 17.9. The number of piperidine rings is 1. The molecule has 3 aliphatic rings. The van der Waals surface area contributed by atoms with E-state index in [1.54, 1.807) is 12.1 Å². The second kappa shape index (κ2) is 6.15. The highest BCUT2D eigenvalue weighted by molar-refractivity contribution is 5.72. The first-order valence-corrected chi connectivity index (χ1v) is 10.6. The summed E-state index contributed by atoms with van der Waals surface area (Å²) in [5.74, 6) is 0.469. The van der Waals surface area contributed by atoms with Crippen LogP contribution in [0.25, 0.3) is 0 Å². The molecule has 1 aliphatic heterocycles. The minimum absolute atomic E-state index is 0.181. The molecular formula is C24H30N2O2. The molecule has 1 saturated carbocycles. The van der Waals surface area contributed by atoms with Gasteiger partial charge in [-0.25, -0.2) is 0 Å². The van der Waals surface area contributed by atoms with Crippen molar-refractivity contribution in [3.8, 4) is 11.5 Å². The number of benzene rings is 2. The number of anilines is 2. The van der Waals surface area contributed by atoms with Gasteiger partial charge in [-0.2, -0.15) is 0 Å². The Morgan fingerprint density at radius 1 is 1.00 bits per heavy atom. The number of rotatable bonds is 2. The van der Waals surface area contributed by atoms with E-state index >= 15 is 0 Å². The van der Waals surface area contributed by atoms with Crippen LogP contribution < -0.4 is 5.32 Å². The van der Waals surface area contributed by atoms with E-state index < -0.39 is 0 Å². The highest BCUT2D eigenvalue weighted by Crippen LogP contribution is 2.63. The largest absolute Gasteiger partial charge is 0.506 e. The molecule has 3 N–H and O–H groups in total. The zero-order valence-electron chi connectivity index (χ0n) is 16.8. The maximum atomic E-state index is 10.9. The summed E-state index contributed by atoms with van der Waals surface area (Å²) >= 11 is 0. The molecule has 2 aliphatic carbocycles. The molecule has 0 spiro atoms. The fraction of sp³-hybridized carbons (Fsp3) is 0.500. The number of hydrogen-bond donors (Lipinski definition) is 3. The predicted molar refractivity (Wildman–Crippen MR) is 112 cm³/mol. The van der Waals surface area contributed by atoms with Crippen molar-refractivity contribution in [2.24, 2.45) is 5.41 Å². The minimum Gasteiger partial charge on any atom is -0.506 e. The Morgan fingerprint density at radius 3 is 2.61 bits per heavy atom. The van der Waals surface area contributed by atoms with Gasteiger partial charge >= 0.3 is 0 Å². The third-order valence-corrected chi connectivity index (χ3v) is 8.13. The Morgan fingerprint density at radius 2 is 1.79 bits per heavy atom. The van der Waals surface area contributed by atoms with Crippen LogP contribution in [0, 0.1) is 5.41 Å². The molecule has 0 radical (unpaired) electrons. The highest BCUT2D eigenvalue weighted by Gasteiger charge is 2.60. The SMILES string of the molecule is CN1CC[C@@]23CCCC[C@]2(C)[C@@H]1Cc1cc(Nc2ccccc2O)c(O)cc13. The lowest BCUT2D eigenvalue weighted by Gasteiger charge is -2.65. The Kier molecular flexibility index (Phi) is 3.92. The van der Waals surface area contributed by atoms with E-state index in [1.165, 1.54) is 43.2 Å². The number of aromatic hydroxyl groups is 2. The van der Waals surface area contributed by atoms with Gasteiger partial charge in [-0.1, -0.05) is 31.9 Å². The van der Waals surface area contributed by atoms with Gasteiger partial charge in [0.25, 0.3) is 0 Å². The fourth-order valence-corrected chi connectivity index (χ4v) is 6.59. The molecule has 0 unspecified atom stereocenters. The van der Waals surface area contributed by atoms with Crippen molar-refractivity contribution >= 4 is 11.4 Å². The number of para-hydroxylation sites is 2. The summed E-state index contributed by atoms with van der Waals surface area (Å²) in [5.41, 5.74) is 4.49. The van der Waals surface area contributed by atoms with Gasteiger partial charge in [0, 0.05) is 11.5 Å². The number of phenols is 2. The van der Waals surface area contributed by atoms with Crippen LogP contribution in [0.2, 0.25) is 0 Å². The van der Waals surface area contributed by atoms with Gasteiger partial charge in [-0.05, 0) is 80.1 Å². The Labute approximate surface area is 167 Å². The molecule has 4 nitrogen and oxygen atoms in total. The van der Waals surface area contributed by atoms with Gasteiger partial charge in [0.2, 0.25) is 0 Å².